The molecule has 3 heteroatoms. The van der Waals surface area contributed by atoms with E-state index in [0.29, 0.717) is 13.0 Å². The zero-order valence-corrected chi connectivity index (χ0v) is 17.3. The molecular weight excluding hydrogens is 312 g/mol. The van der Waals surface area contributed by atoms with Gasteiger partial charge < -0.3 is 9.84 Å². The van der Waals surface area contributed by atoms with Crippen LogP contribution in [0, 0.1) is 0 Å². The third-order valence-corrected chi connectivity index (χ3v) is 5.24. The average Bonchev–Trinajstić information content (AvgIpc) is 2.62. The smallest absolute Gasteiger partial charge is 0.164 e. The molecule has 0 aromatic carbocycles. The molecule has 1 N–H and O–H groups in total. The summed E-state index contributed by atoms with van der Waals surface area (Å²) in [5, 5.41) is 8.80. The van der Waals surface area contributed by atoms with Crippen molar-refractivity contribution in [3.63, 3.8) is 0 Å². The molecule has 0 aliphatic carbocycles. The number of Topliss-reactive ketones (excluding diaryl/α,β-unsaturated/α-hetero) is 1. The summed E-state index contributed by atoms with van der Waals surface area (Å²) in [4.78, 5) is 12.4. The van der Waals surface area contributed by atoms with E-state index < -0.39 is 5.60 Å². The quantitative estimate of drug-likeness (QED) is 0.280. The van der Waals surface area contributed by atoms with Gasteiger partial charge in [-0.1, -0.05) is 78.1 Å². The first-order valence-corrected chi connectivity index (χ1v) is 10.9. The topological polar surface area (TPSA) is 46.5 Å². The average molecular weight is 357 g/mol. The number of carbonyl (C=O) groups excluding carboxylic acids is 1. The molecule has 0 aromatic heterocycles. The summed E-state index contributed by atoms with van der Waals surface area (Å²) in [6.45, 7) is 7.15. The summed E-state index contributed by atoms with van der Waals surface area (Å²) in [6, 6.07) is 0. The Hall–Kier alpha value is -0.410. The number of ether oxygens (including phenoxy) is 1. The van der Waals surface area contributed by atoms with Crippen molar-refractivity contribution in [2.24, 2.45) is 0 Å². The van der Waals surface area contributed by atoms with Gasteiger partial charge in [0, 0.05) is 19.6 Å². The Morgan fingerprint density at radius 3 is 1.84 bits per heavy atom. The van der Waals surface area contributed by atoms with E-state index in [4.69, 9.17) is 9.84 Å². The second kappa shape index (κ2) is 17.0. The third kappa shape index (κ3) is 13.5. The number of hydrogen-bond donors (Lipinski definition) is 1. The maximum absolute atomic E-state index is 12.4. The van der Waals surface area contributed by atoms with Crippen LogP contribution in [-0.4, -0.2) is 29.7 Å². The molecule has 1 atom stereocenters. The van der Waals surface area contributed by atoms with Crippen LogP contribution in [0.5, 0.6) is 0 Å². The van der Waals surface area contributed by atoms with Gasteiger partial charge >= 0.3 is 0 Å². The molecule has 0 aliphatic heterocycles. The highest BCUT2D eigenvalue weighted by atomic mass is 16.5. The molecule has 0 aromatic rings. The van der Waals surface area contributed by atoms with Crippen LogP contribution in [-0.2, 0) is 9.53 Å². The number of aliphatic hydroxyl groups excluding tert-OH is 1. The van der Waals surface area contributed by atoms with Crippen molar-refractivity contribution in [1.29, 1.82) is 0 Å². The number of aliphatic hydroxyl groups is 1. The lowest BCUT2D eigenvalue weighted by Gasteiger charge is -2.27. The highest BCUT2D eigenvalue weighted by molar-refractivity contribution is 5.86. The first-order valence-electron chi connectivity index (χ1n) is 10.9. The second-order valence-electron chi connectivity index (χ2n) is 7.57. The van der Waals surface area contributed by atoms with Gasteiger partial charge in [-0.3, -0.25) is 4.79 Å². The van der Waals surface area contributed by atoms with Gasteiger partial charge in [-0.05, 0) is 32.6 Å². The molecule has 0 amide bonds. The van der Waals surface area contributed by atoms with Gasteiger partial charge in [0.2, 0.25) is 0 Å². The first-order chi connectivity index (χ1) is 12.1. The van der Waals surface area contributed by atoms with Gasteiger partial charge in [0.25, 0.3) is 0 Å². The molecule has 0 heterocycles. The molecule has 0 bridgehead atoms. The van der Waals surface area contributed by atoms with Gasteiger partial charge in [-0.25, -0.2) is 0 Å². The zero-order chi connectivity index (χ0) is 18.8. The summed E-state index contributed by atoms with van der Waals surface area (Å²) < 4.78 is 5.97. The normalized spacial score (nSPS) is 13.8. The standard InChI is InChI=1S/C22H44O3/c1-4-6-7-8-9-10-11-12-13-17-20-25-22(3,5-2)21(24)18-15-14-16-19-23/h23H,4-20H2,1-3H3. The summed E-state index contributed by atoms with van der Waals surface area (Å²) in [5.74, 6) is 0.222. The van der Waals surface area contributed by atoms with Crippen molar-refractivity contribution in [2.75, 3.05) is 13.2 Å². The Morgan fingerprint density at radius 2 is 1.32 bits per heavy atom. The van der Waals surface area contributed by atoms with Crippen molar-refractivity contribution in [3.05, 3.63) is 0 Å². The Balaban J connectivity index is 3.66. The van der Waals surface area contributed by atoms with Crippen LogP contribution in [0.2, 0.25) is 0 Å². The molecule has 0 spiro atoms. The minimum absolute atomic E-state index is 0.217. The van der Waals surface area contributed by atoms with Crippen molar-refractivity contribution in [2.45, 2.75) is 123 Å². The molecule has 3 nitrogen and oxygen atoms in total. The fourth-order valence-corrected chi connectivity index (χ4v) is 3.11. The van der Waals surface area contributed by atoms with Gasteiger partial charge in [0.1, 0.15) is 5.60 Å². The lowest BCUT2D eigenvalue weighted by atomic mass is 9.93. The van der Waals surface area contributed by atoms with Crippen LogP contribution in [0.4, 0.5) is 0 Å². The number of carbonyl (C=O) groups is 1. The molecule has 0 rings (SSSR count). The molecular formula is C22H44O3. The second-order valence-corrected chi connectivity index (χ2v) is 7.57. The van der Waals surface area contributed by atoms with E-state index in [9.17, 15) is 4.79 Å². The van der Waals surface area contributed by atoms with Crippen LogP contribution in [0.3, 0.4) is 0 Å². The first kappa shape index (κ1) is 24.6. The lowest BCUT2D eigenvalue weighted by molar-refractivity contribution is -0.143. The molecule has 1 unspecified atom stereocenters. The minimum atomic E-state index is -0.613. The van der Waals surface area contributed by atoms with Crippen LogP contribution < -0.4 is 0 Å². The third-order valence-electron chi connectivity index (χ3n) is 5.24. The van der Waals surface area contributed by atoms with Crippen molar-refractivity contribution >= 4 is 5.78 Å². The van der Waals surface area contributed by atoms with Crippen LogP contribution in [0.15, 0.2) is 0 Å². The van der Waals surface area contributed by atoms with E-state index in [1.165, 1.54) is 57.8 Å². The Kier molecular flexibility index (Phi) is 16.7. The largest absolute Gasteiger partial charge is 0.396 e. The van der Waals surface area contributed by atoms with Crippen molar-refractivity contribution in [3.8, 4) is 0 Å². The maximum Gasteiger partial charge on any atom is 0.164 e. The van der Waals surface area contributed by atoms with E-state index >= 15 is 0 Å². The highest BCUT2D eigenvalue weighted by Crippen LogP contribution is 2.21. The van der Waals surface area contributed by atoms with Crippen LogP contribution >= 0.6 is 0 Å². The van der Waals surface area contributed by atoms with Gasteiger partial charge in [-0.2, -0.15) is 0 Å². The maximum atomic E-state index is 12.4. The Labute approximate surface area is 156 Å². The monoisotopic (exact) mass is 356 g/mol. The molecule has 150 valence electrons. The summed E-state index contributed by atoms with van der Waals surface area (Å²) in [7, 11) is 0. The summed E-state index contributed by atoms with van der Waals surface area (Å²) in [5.41, 5.74) is -0.613. The fraction of sp³-hybridized carbons (Fsp3) is 0.955. The molecule has 0 radical (unpaired) electrons. The summed E-state index contributed by atoms with van der Waals surface area (Å²) >= 11 is 0. The van der Waals surface area contributed by atoms with E-state index in [1.807, 2.05) is 13.8 Å². The number of rotatable bonds is 19. The van der Waals surface area contributed by atoms with Gasteiger partial charge in [0.05, 0.1) is 0 Å². The zero-order valence-electron chi connectivity index (χ0n) is 17.3. The lowest BCUT2D eigenvalue weighted by Crippen LogP contribution is -2.38. The minimum Gasteiger partial charge on any atom is -0.396 e. The molecule has 0 aliphatic rings. The van der Waals surface area contributed by atoms with Crippen molar-refractivity contribution < 1.29 is 14.6 Å². The number of unbranched alkanes of at least 4 members (excludes halogenated alkanes) is 11. The van der Waals surface area contributed by atoms with Crippen LogP contribution in [0.25, 0.3) is 0 Å². The van der Waals surface area contributed by atoms with Gasteiger partial charge in [0.15, 0.2) is 5.78 Å². The molecule has 0 saturated carbocycles. The molecule has 0 saturated heterocycles. The highest BCUT2D eigenvalue weighted by Gasteiger charge is 2.30. The predicted molar refractivity (Wildman–Crippen MR) is 107 cm³/mol. The summed E-state index contributed by atoms with van der Waals surface area (Å²) in [6.07, 6.45) is 17.0. The molecule has 0 fully saturated rings. The van der Waals surface area contributed by atoms with E-state index in [2.05, 4.69) is 6.92 Å². The van der Waals surface area contributed by atoms with E-state index in [-0.39, 0.29) is 12.4 Å². The number of hydrogen-bond acceptors (Lipinski definition) is 3. The van der Waals surface area contributed by atoms with Crippen LogP contribution in [0.1, 0.15) is 117 Å². The van der Waals surface area contributed by atoms with E-state index in [1.54, 1.807) is 0 Å². The fourth-order valence-electron chi connectivity index (χ4n) is 3.11. The number of ketones is 1. The van der Waals surface area contributed by atoms with Gasteiger partial charge in [-0.15, -0.1) is 0 Å². The predicted octanol–water partition coefficient (Wildman–Crippen LogP) is 6.21. The SMILES string of the molecule is CCCCCCCCCCCCOC(C)(CC)C(=O)CCCCCO. The van der Waals surface area contributed by atoms with Crippen molar-refractivity contribution in [1.82, 2.24) is 0 Å². The van der Waals surface area contributed by atoms with E-state index in [0.717, 1.165) is 32.1 Å². The Morgan fingerprint density at radius 1 is 0.800 bits per heavy atom. The molecule has 25 heavy (non-hydrogen) atoms. The Bertz CT molecular complexity index is 304.